The van der Waals surface area contributed by atoms with Crippen LogP contribution in [-0.2, 0) is 32.6 Å². The second-order valence-corrected chi connectivity index (χ2v) is 10.9. The molecule has 0 heterocycles. The number of halogens is 1. The molecule has 0 aliphatic carbocycles. The SMILES string of the molecule is CNC(=O)C(Cc1ccccc1)N(Cc1ccccc1C)C(=O)CN(c1cccc(Cl)c1)S(C)(=O)=O. The molecule has 0 aliphatic rings. The van der Waals surface area contributed by atoms with Crippen molar-refractivity contribution in [2.45, 2.75) is 25.9 Å². The Hall–Kier alpha value is -3.36. The summed E-state index contributed by atoms with van der Waals surface area (Å²) in [5.41, 5.74) is 2.97. The predicted octanol–water partition coefficient (Wildman–Crippen LogP) is 3.80. The summed E-state index contributed by atoms with van der Waals surface area (Å²) in [6.45, 7) is 1.59. The van der Waals surface area contributed by atoms with Gasteiger partial charge in [-0.2, -0.15) is 0 Å². The van der Waals surface area contributed by atoms with Gasteiger partial charge >= 0.3 is 0 Å². The lowest BCUT2D eigenvalue weighted by Crippen LogP contribution is -2.53. The summed E-state index contributed by atoms with van der Waals surface area (Å²) in [5.74, 6) is -0.845. The number of anilines is 1. The maximum atomic E-state index is 13.8. The fraction of sp³-hybridized carbons (Fsp3) is 0.259. The van der Waals surface area contributed by atoms with E-state index < -0.39 is 28.5 Å². The Morgan fingerprint density at radius 3 is 2.25 bits per heavy atom. The summed E-state index contributed by atoms with van der Waals surface area (Å²) < 4.78 is 26.4. The molecular weight excluding hydrogens is 498 g/mol. The van der Waals surface area contributed by atoms with Gasteiger partial charge in [0.25, 0.3) is 0 Å². The van der Waals surface area contributed by atoms with Gasteiger partial charge in [-0.1, -0.05) is 72.3 Å². The highest BCUT2D eigenvalue weighted by Crippen LogP contribution is 2.23. The Morgan fingerprint density at radius 1 is 0.972 bits per heavy atom. The number of nitrogens with one attached hydrogen (secondary N) is 1. The molecule has 1 unspecified atom stereocenters. The highest BCUT2D eigenvalue weighted by atomic mass is 35.5. The maximum Gasteiger partial charge on any atom is 0.244 e. The number of carbonyl (C=O) groups is 2. The molecule has 3 aromatic rings. The molecular formula is C27H30ClN3O4S. The van der Waals surface area contributed by atoms with Gasteiger partial charge in [-0.05, 0) is 41.8 Å². The summed E-state index contributed by atoms with van der Waals surface area (Å²) in [6.07, 6.45) is 1.31. The zero-order chi connectivity index (χ0) is 26.3. The molecule has 0 aromatic heterocycles. The highest BCUT2D eigenvalue weighted by molar-refractivity contribution is 7.92. The number of sulfonamides is 1. The molecule has 1 N–H and O–H groups in total. The van der Waals surface area contributed by atoms with E-state index in [2.05, 4.69) is 5.32 Å². The molecule has 0 saturated carbocycles. The van der Waals surface area contributed by atoms with Gasteiger partial charge in [0.2, 0.25) is 21.8 Å². The van der Waals surface area contributed by atoms with Gasteiger partial charge in [-0.3, -0.25) is 13.9 Å². The second-order valence-electron chi connectivity index (χ2n) is 8.52. The molecule has 3 aromatic carbocycles. The van der Waals surface area contributed by atoms with Gasteiger partial charge in [0.15, 0.2) is 0 Å². The quantitative estimate of drug-likeness (QED) is 0.434. The molecule has 0 aliphatic heterocycles. The summed E-state index contributed by atoms with van der Waals surface area (Å²) in [5, 5.41) is 3.01. The van der Waals surface area contributed by atoms with Crippen molar-refractivity contribution in [2.24, 2.45) is 0 Å². The Kier molecular flexibility index (Phi) is 9.12. The van der Waals surface area contributed by atoms with Crippen LogP contribution in [0.1, 0.15) is 16.7 Å². The summed E-state index contributed by atoms with van der Waals surface area (Å²) in [6, 6.07) is 22.4. The average Bonchev–Trinajstić information content (AvgIpc) is 2.85. The topological polar surface area (TPSA) is 86.8 Å². The molecule has 36 heavy (non-hydrogen) atoms. The van der Waals surface area contributed by atoms with Crippen molar-refractivity contribution in [1.29, 1.82) is 0 Å². The van der Waals surface area contributed by atoms with Crippen LogP contribution < -0.4 is 9.62 Å². The fourth-order valence-electron chi connectivity index (χ4n) is 3.94. The minimum atomic E-state index is -3.83. The number of likely N-dealkylation sites (N-methyl/N-ethyl adjacent to an activating group) is 1. The molecule has 0 radical (unpaired) electrons. The molecule has 9 heteroatoms. The molecule has 0 fully saturated rings. The molecule has 2 amide bonds. The Balaban J connectivity index is 2.04. The van der Waals surface area contributed by atoms with E-state index in [0.29, 0.717) is 5.02 Å². The van der Waals surface area contributed by atoms with Crippen LogP contribution in [0.3, 0.4) is 0 Å². The smallest absolute Gasteiger partial charge is 0.244 e. The van der Waals surface area contributed by atoms with Crippen molar-refractivity contribution in [3.05, 3.63) is 101 Å². The zero-order valence-corrected chi connectivity index (χ0v) is 22.1. The van der Waals surface area contributed by atoms with Crippen LogP contribution in [0, 0.1) is 6.92 Å². The van der Waals surface area contributed by atoms with E-state index in [1.807, 2.05) is 61.5 Å². The van der Waals surface area contributed by atoms with E-state index in [9.17, 15) is 18.0 Å². The number of aryl methyl sites for hydroxylation is 1. The Bertz CT molecular complexity index is 1320. The van der Waals surface area contributed by atoms with Gasteiger partial charge < -0.3 is 10.2 Å². The van der Waals surface area contributed by atoms with E-state index in [0.717, 1.165) is 27.3 Å². The molecule has 0 saturated heterocycles. The number of benzene rings is 3. The lowest BCUT2D eigenvalue weighted by Gasteiger charge is -2.33. The zero-order valence-electron chi connectivity index (χ0n) is 20.5. The summed E-state index contributed by atoms with van der Waals surface area (Å²) in [4.78, 5) is 28.4. The van der Waals surface area contributed by atoms with Crippen LogP contribution in [0.25, 0.3) is 0 Å². The maximum absolute atomic E-state index is 13.8. The van der Waals surface area contributed by atoms with Crippen molar-refractivity contribution in [3.8, 4) is 0 Å². The fourth-order valence-corrected chi connectivity index (χ4v) is 4.96. The Labute approximate surface area is 217 Å². The minimum absolute atomic E-state index is 0.142. The van der Waals surface area contributed by atoms with Gasteiger partial charge in [0.05, 0.1) is 11.9 Å². The lowest BCUT2D eigenvalue weighted by atomic mass is 10.0. The average molecular weight is 528 g/mol. The first kappa shape index (κ1) is 27.2. The molecule has 0 bridgehead atoms. The van der Waals surface area contributed by atoms with E-state index in [-0.39, 0.29) is 24.6 Å². The van der Waals surface area contributed by atoms with Crippen LogP contribution in [0.4, 0.5) is 5.69 Å². The van der Waals surface area contributed by atoms with Crippen molar-refractivity contribution in [1.82, 2.24) is 10.2 Å². The number of nitrogens with zero attached hydrogens (tertiary/aromatic N) is 2. The standard InChI is InChI=1S/C27H30ClN3O4S/c1-20-10-7-8-13-22(20)18-30(25(27(33)29-2)16-21-11-5-4-6-12-21)26(32)19-31(36(3,34)35)24-15-9-14-23(28)17-24/h4-15,17,25H,16,18-19H2,1-3H3,(H,29,33). The van der Waals surface area contributed by atoms with Crippen molar-refractivity contribution in [2.75, 3.05) is 24.2 Å². The molecule has 0 spiro atoms. The van der Waals surface area contributed by atoms with Crippen molar-refractivity contribution >= 4 is 39.1 Å². The van der Waals surface area contributed by atoms with E-state index in [4.69, 9.17) is 11.6 Å². The third-order valence-electron chi connectivity index (χ3n) is 5.89. The number of hydrogen-bond donors (Lipinski definition) is 1. The lowest BCUT2D eigenvalue weighted by molar-refractivity contribution is -0.139. The van der Waals surface area contributed by atoms with Crippen LogP contribution >= 0.6 is 11.6 Å². The van der Waals surface area contributed by atoms with Gasteiger partial charge in [0.1, 0.15) is 12.6 Å². The highest BCUT2D eigenvalue weighted by Gasteiger charge is 2.32. The number of hydrogen-bond acceptors (Lipinski definition) is 4. The molecule has 190 valence electrons. The van der Waals surface area contributed by atoms with E-state index >= 15 is 0 Å². The van der Waals surface area contributed by atoms with Crippen LogP contribution in [0.5, 0.6) is 0 Å². The number of carbonyl (C=O) groups excluding carboxylic acids is 2. The van der Waals surface area contributed by atoms with Gasteiger partial charge in [-0.15, -0.1) is 0 Å². The number of amides is 2. The monoisotopic (exact) mass is 527 g/mol. The van der Waals surface area contributed by atoms with E-state index in [1.165, 1.54) is 18.0 Å². The largest absolute Gasteiger partial charge is 0.357 e. The summed E-state index contributed by atoms with van der Waals surface area (Å²) >= 11 is 6.09. The number of rotatable bonds is 10. The van der Waals surface area contributed by atoms with Crippen molar-refractivity contribution < 1.29 is 18.0 Å². The first-order chi connectivity index (χ1) is 17.1. The molecule has 3 rings (SSSR count). The first-order valence-corrected chi connectivity index (χ1v) is 13.7. The van der Waals surface area contributed by atoms with Crippen LogP contribution in [0.15, 0.2) is 78.9 Å². The molecule has 7 nitrogen and oxygen atoms in total. The first-order valence-electron chi connectivity index (χ1n) is 11.4. The molecule has 1 atom stereocenters. The predicted molar refractivity (Wildman–Crippen MR) is 143 cm³/mol. The summed E-state index contributed by atoms with van der Waals surface area (Å²) in [7, 11) is -2.31. The van der Waals surface area contributed by atoms with Crippen molar-refractivity contribution in [3.63, 3.8) is 0 Å². The normalized spacial score (nSPS) is 12.0. The second kappa shape index (κ2) is 12.1. The Morgan fingerprint density at radius 2 is 1.64 bits per heavy atom. The third kappa shape index (κ3) is 7.08. The minimum Gasteiger partial charge on any atom is -0.357 e. The van der Waals surface area contributed by atoms with Gasteiger partial charge in [-0.25, -0.2) is 8.42 Å². The van der Waals surface area contributed by atoms with Crippen LogP contribution in [-0.4, -0.2) is 51.0 Å². The van der Waals surface area contributed by atoms with E-state index in [1.54, 1.807) is 18.2 Å². The third-order valence-corrected chi connectivity index (χ3v) is 7.27. The van der Waals surface area contributed by atoms with Gasteiger partial charge in [0, 0.05) is 25.0 Å². The van der Waals surface area contributed by atoms with Crippen LogP contribution in [0.2, 0.25) is 5.02 Å².